The predicted molar refractivity (Wildman–Crippen MR) is 71.8 cm³/mol. The lowest BCUT2D eigenvalue weighted by molar-refractivity contribution is -0.135. The van der Waals surface area contributed by atoms with Crippen LogP contribution in [0.3, 0.4) is 0 Å². The molecular weight excluding hydrogens is 280 g/mol. The summed E-state index contributed by atoms with van der Waals surface area (Å²) in [5.41, 5.74) is 0.742. The van der Waals surface area contributed by atoms with Gasteiger partial charge in [-0.05, 0) is 35.9 Å². The molecule has 2 aromatic carbocycles. The summed E-state index contributed by atoms with van der Waals surface area (Å²) in [6, 6.07) is 8.87. The Labute approximate surface area is 119 Å². The van der Waals surface area contributed by atoms with Crippen LogP contribution in [0.25, 0.3) is 11.1 Å². The Kier molecular flexibility index (Phi) is 4.27. The van der Waals surface area contributed by atoms with Crippen LogP contribution in [-0.2, 0) is 4.79 Å². The number of benzene rings is 2. The molecule has 0 atom stereocenters. The fourth-order valence-electron chi connectivity index (χ4n) is 1.78. The lowest BCUT2D eigenvalue weighted by Crippen LogP contribution is -2.29. The van der Waals surface area contributed by atoms with E-state index in [1.807, 2.05) is 0 Å². The Morgan fingerprint density at radius 1 is 1.05 bits per heavy atom. The van der Waals surface area contributed by atoms with E-state index in [1.54, 1.807) is 0 Å². The molecule has 21 heavy (non-hydrogen) atoms. The molecule has 2 rings (SSSR count). The standard InChI is InChI=1S/C15H11F2NO3/c16-11-5-6-13(17)12(7-11)9-1-3-10(4-2-9)15(21)18-8-14(19)20/h1-7H,8H2,(H,18,21)(H,19,20). The van der Waals surface area contributed by atoms with Crippen LogP contribution in [0, 0.1) is 11.6 Å². The molecule has 0 spiro atoms. The average molecular weight is 291 g/mol. The summed E-state index contributed by atoms with van der Waals surface area (Å²) < 4.78 is 26.7. The fraction of sp³-hybridized carbons (Fsp3) is 0.0667. The van der Waals surface area contributed by atoms with Crippen molar-refractivity contribution in [3.05, 3.63) is 59.7 Å². The number of aliphatic carboxylic acids is 1. The van der Waals surface area contributed by atoms with Crippen LogP contribution in [-0.4, -0.2) is 23.5 Å². The quantitative estimate of drug-likeness (QED) is 0.909. The Morgan fingerprint density at radius 2 is 1.71 bits per heavy atom. The maximum Gasteiger partial charge on any atom is 0.322 e. The second kappa shape index (κ2) is 6.13. The van der Waals surface area contributed by atoms with E-state index in [1.165, 1.54) is 24.3 Å². The molecule has 0 aliphatic rings. The normalized spacial score (nSPS) is 10.2. The number of carboxylic acids is 1. The maximum atomic E-state index is 13.6. The summed E-state index contributed by atoms with van der Waals surface area (Å²) in [5, 5.41) is 10.7. The maximum absolute atomic E-state index is 13.6. The van der Waals surface area contributed by atoms with Gasteiger partial charge in [0.15, 0.2) is 0 Å². The summed E-state index contributed by atoms with van der Waals surface area (Å²) in [5.74, 6) is -2.83. The van der Waals surface area contributed by atoms with Crippen LogP contribution >= 0.6 is 0 Å². The third kappa shape index (κ3) is 3.62. The van der Waals surface area contributed by atoms with E-state index in [2.05, 4.69) is 5.32 Å². The number of carbonyl (C=O) groups excluding carboxylic acids is 1. The molecule has 2 aromatic rings. The van der Waals surface area contributed by atoms with Crippen molar-refractivity contribution in [1.29, 1.82) is 0 Å². The summed E-state index contributed by atoms with van der Waals surface area (Å²) in [4.78, 5) is 22.0. The van der Waals surface area contributed by atoms with Crippen molar-refractivity contribution in [3.8, 4) is 11.1 Å². The van der Waals surface area contributed by atoms with Crippen molar-refractivity contribution >= 4 is 11.9 Å². The van der Waals surface area contributed by atoms with Crippen LogP contribution in [0.2, 0.25) is 0 Å². The van der Waals surface area contributed by atoms with Gasteiger partial charge in [0, 0.05) is 11.1 Å². The van der Waals surface area contributed by atoms with E-state index in [0.717, 1.165) is 18.2 Å². The van der Waals surface area contributed by atoms with Gasteiger partial charge in [-0.25, -0.2) is 8.78 Å². The molecule has 1 amide bonds. The van der Waals surface area contributed by atoms with Crippen molar-refractivity contribution in [2.75, 3.05) is 6.54 Å². The average Bonchev–Trinajstić information content (AvgIpc) is 2.47. The molecule has 0 saturated carbocycles. The van der Waals surface area contributed by atoms with Crippen molar-refractivity contribution in [2.45, 2.75) is 0 Å². The number of carboxylic acid groups (broad SMARTS) is 1. The van der Waals surface area contributed by atoms with Gasteiger partial charge in [-0.1, -0.05) is 12.1 Å². The highest BCUT2D eigenvalue weighted by molar-refractivity contribution is 5.96. The van der Waals surface area contributed by atoms with Gasteiger partial charge in [0.1, 0.15) is 18.2 Å². The predicted octanol–water partition coefficient (Wildman–Crippen LogP) is 2.45. The fourth-order valence-corrected chi connectivity index (χ4v) is 1.78. The number of amides is 1. The zero-order valence-corrected chi connectivity index (χ0v) is 10.8. The molecule has 4 nitrogen and oxygen atoms in total. The second-order valence-corrected chi connectivity index (χ2v) is 4.28. The van der Waals surface area contributed by atoms with Crippen molar-refractivity contribution in [1.82, 2.24) is 5.32 Å². The molecule has 0 aliphatic heterocycles. The first-order chi connectivity index (χ1) is 9.97. The van der Waals surface area contributed by atoms with E-state index in [0.29, 0.717) is 5.56 Å². The molecule has 0 saturated heterocycles. The SMILES string of the molecule is O=C(O)CNC(=O)c1ccc(-c2cc(F)ccc2F)cc1. The molecule has 0 aromatic heterocycles. The number of hydrogen-bond acceptors (Lipinski definition) is 2. The number of hydrogen-bond donors (Lipinski definition) is 2. The van der Waals surface area contributed by atoms with Crippen molar-refractivity contribution in [3.63, 3.8) is 0 Å². The first-order valence-corrected chi connectivity index (χ1v) is 6.03. The van der Waals surface area contributed by atoms with Crippen LogP contribution in [0.5, 0.6) is 0 Å². The first-order valence-electron chi connectivity index (χ1n) is 6.03. The molecule has 0 radical (unpaired) electrons. The second-order valence-electron chi connectivity index (χ2n) is 4.28. The number of nitrogens with one attached hydrogen (secondary N) is 1. The zero-order chi connectivity index (χ0) is 15.4. The van der Waals surface area contributed by atoms with Gasteiger partial charge in [0.05, 0.1) is 0 Å². The summed E-state index contributed by atoms with van der Waals surface area (Å²) in [6.45, 7) is -0.487. The Bertz CT molecular complexity index is 684. The van der Waals surface area contributed by atoms with Crippen molar-refractivity contribution < 1.29 is 23.5 Å². The van der Waals surface area contributed by atoms with Gasteiger partial charge >= 0.3 is 5.97 Å². The van der Waals surface area contributed by atoms with Crippen LogP contribution in [0.4, 0.5) is 8.78 Å². The highest BCUT2D eigenvalue weighted by Crippen LogP contribution is 2.24. The molecule has 0 aliphatic carbocycles. The molecule has 0 heterocycles. The van der Waals surface area contributed by atoms with Gasteiger partial charge in [0.25, 0.3) is 5.91 Å². The van der Waals surface area contributed by atoms with E-state index in [4.69, 9.17) is 5.11 Å². The molecule has 6 heteroatoms. The van der Waals surface area contributed by atoms with Gasteiger partial charge in [-0.3, -0.25) is 9.59 Å². The molecule has 0 bridgehead atoms. The zero-order valence-electron chi connectivity index (χ0n) is 10.8. The Morgan fingerprint density at radius 3 is 2.33 bits per heavy atom. The largest absolute Gasteiger partial charge is 0.480 e. The smallest absolute Gasteiger partial charge is 0.322 e. The van der Waals surface area contributed by atoms with E-state index in [9.17, 15) is 18.4 Å². The summed E-state index contributed by atoms with van der Waals surface area (Å²) >= 11 is 0. The van der Waals surface area contributed by atoms with Gasteiger partial charge < -0.3 is 10.4 Å². The van der Waals surface area contributed by atoms with Crippen molar-refractivity contribution in [2.24, 2.45) is 0 Å². The number of rotatable bonds is 4. The van der Waals surface area contributed by atoms with Crippen LogP contribution < -0.4 is 5.32 Å². The summed E-state index contributed by atoms with van der Waals surface area (Å²) in [7, 11) is 0. The third-order valence-corrected chi connectivity index (χ3v) is 2.79. The van der Waals surface area contributed by atoms with E-state index >= 15 is 0 Å². The molecule has 0 fully saturated rings. The number of halogens is 2. The summed E-state index contributed by atoms with van der Waals surface area (Å²) in [6.07, 6.45) is 0. The highest BCUT2D eigenvalue weighted by Gasteiger charge is 2.10. The van der Waals surface area contributed by atoms with Gasteiger partial charge in [0.2, 0.25) is 0 Å². The lowest BCUT2D eigenvalue weighted by atomic mass is 10.0. The van der Waals surface area contributed by atoms with E-state index in [-0.39, 0.29) is 11.1 Å². The number of carbonyl (C=O) groups is 2. The molecule has 2 N–H and O–H groups in total. The third-order valence-electron chi connectivity index (χ3n) is 2.79. The molecule has 0 unspecified atom stereocenters. The lowest BCUT2D eigenvalue weighted by Gasteiger charge is -2.06. The minimum atomic E-state index is -1.15. The topological polar surface area (TPSA) is 66.4 Å². The van der Waals surface area contributed by atoms with E-state index < -0.39 is 30.1 Å². The first kappa shape index (κ1) is 14.6. The Balaban J connectivity index is 2.20. The molecular formula is C15H11F2NO3. The Hall–Kier alpha value is -2.76. The van der Waals surface area contributed by atoms with Crippen LogP contribution in [0.1, 0.15) is 10.4 Å². The van der Waals surface area contributed by atoms with Gasteiger partial charge in [-0.15, -0.1) is 0 Å². The highest BCUT2D eigenvalue weighted by atomic mass is 19.1. The van der Waals surface area contributed by atoms with Crippen LogP contribution in [0.15, 0.2) is 42.5 Å². The minimum Gasteiger partial charge on any atom is -0.480 e. The monoisotopic (exact) mass is 291 g/mol. The van der Waals surface area contributed by atoms with Gasteiger partial charge in [-0.2, -0.15) is 0 Å². The molecule has 108 valence electrons. The minimum absolute atomic E-state index is 0.0903.